The molecule has 4 nitrogen and oxygen atoms in total. The van der Waals surface area contributed by atoms with Crippen LogP contribution in [0.5, 0.6) is 0 Å². The van der Waals surface area contributed by atoms with Crippen LogP contribution in [0.15, 0.2) is 29.2 Å². The molecule has 1 atom stereocenters. The number of hydrogen-bond donors (Lipinski definition) is 1. The molecular formula is C9H12O4S. The summed E-state index contributed by atoms with van der Waals surface area (Å²) >= 11 is 0. The minimum Gasteiger partial charge on any atom is -0.367 e. The maximum Gasteiger partial charge on any atom is 0.299 e. The predicted octanol–water partition coefficient (Wildman–Crippen LogP) is 1.04. The van der Waals surface area contributed by atoms with Crippen LogP contribution in [0.1, 0.15) is 12.5 Å². The maximum absolute atomic E-state index is 11.4. The van der Waals surface area contributed by atoms with Gasteiger partial charge in [0.15, 0.2) is 6.29 Å². The Labute approximate surface area is 83.3 Å². The Bertz CT molecular complexity index is 391. The van der Waals surface area contributed by atoms with E-state index < -0.39 is 16.4 Å². The van der Waals surface area contributed by atoms with Gasteiger partial charge >= 0.3 is 0 Å². The lowest BCUT2D eigenvalue weighted by atomic mass is 10.2. The molecule has 0 aliphatic heterocycles. The zero-order chi connectivity index (χ0) is 10.8. The fourth-order valence-corrected chi connectivity index (χ4v) is 1.89. The van der Waals surface area contributed by atoms with Gasteiger partial charge in [-0.15, -0.1) is 0 Å². The van der Waals surface area contributed by atoms with Gasteiger partial charge in [0.25, 0.3) is 10.1 Å². The van der Waals surface area contributed by atoms with E-state index in [2.05, 4.69) is 4.18 Å². The van der Waals surface area contributed by atoms with Crippen molar-refractivity contribution in [3.8, 4) is 0 Å². The van der Waals surface area contributed by atoms with Gasteiger partial charge in [-0.25, -0.2) is 4.18 Å². The summed E-state index contributed by atoms with van der Waals surface area (Å²) < 4.78 is 27.1. The molecule has 1 aromatic rings. The van der Waals surface area contributed by atoms with Gasteiger partial charge < -0.3 is 5.11 Å². The van der Waals surface area contributed by atoms with E-state index in [1.54, 1.807) is 12.1 Å². The molecule has 0 aliphatic rings. The van der Waals surface area contributed by atoms with E-state index in [1.807, 2.05) is 6.92 Å². The van der Waals surface area contributed by atoms with Gasteiger partial charge in [0.2, 0.25) is 0 Å². The van der Waals surface area contributed by atoms with Crippen LogP contribution in [-0.2, 0) is 14.3 Å². The summed E-state index contributed by atoms with van der Waals surface area (Å²) in [5, 5.41) is 8.80. The van der Waals surface area contributed by atoms with Crippen LogP contribution in [0.4, 0.5) is 0 Å². The molecule has 0 heterocycles. The van der Waals surface area contributed by atoms with E-state index in [0.717, 1.165) is 5.56 Å². The van der Waals surface area contributed by atoms with Crippen molar-refractivity contribution in [2.24, 2.45) is 0 Å². The molecular weight excluding hydrogens is 204 g/mol. The smallest absolute Gasteiger partial charge is 0.299 e. The van der Waals surface area contributed by atoms with Gasteiger partial charge in [0.1, 0.15) is 0 Å². The Balaban J connectivity index is 2.99. The lowest BCUT2D eigenvalue weighted by Crippen LogP contribution is -2.14. The Morgan fingerprint density at radius 3 is 2.21 bits per heavy atom. The first kappa shape index (κ1) is 11.2. The van der Waals surface area contributed by atoms with Crippen LogP contribution in [0.25, 0.3) is 0 Å². The van der Waals surface area contributed by atoms with Crippen LogP contribution < -0.4 is 0 Å². The molecule has 0 aliphatic carbocycles. The van der Waals surface area contributed by atoms with Crippen molar-refractivity contribution >= 4 is 10.1 Å². The third-order valence-electron chi connectivity index (χ3n) is 1.58. The number of rotatable bonds is 3. The standard InChI is InChI=1S/C9H12O4S/c1-7-3-5-9(6-4-7)14(11,12)13-8(2)10/h3-6,8,10H,1-2H3. The highest BCUT2D eigenvalue weighted by Crippen LogP contribution is 2.13. The second-order valence-electron chi connectivity index (χ2n) is 2.96. The third kappa shape index (κ3) is 2.80. The van der Waals surface area contributed by atoms with E-state index in [1.165, 1.54) is 19.1 Å². The summed E-state index contributed by atoms with van der Waals surface area (Å²) in [5.41, 5.74) is 0.959. The molecule has 78 valence electrons. The Kier molecular flexibility index (Phi) is 3.25. The molecule has 1 rings (SSSR count). The second-order valence-corrected chi connectivity index (χ2v) is 4.53. The molecule has 5 heteroatoms. The normalized spacial score (nSPS) is 13.9. The molecule has 1 N–H and O–H groups in total. The van der Waals surface area contributed by atoms with Crippen molar-refractivity contribution in [3.05, 3.63) is 29.8 Å². The fraction of sp³-hybridized carbons (Fsp3) is 0.333. The molecule has 0 saturated heterocycles. The van der Waals surface area contributed by atoms with Gasteiger partial charge in [-0.3, -0.25) is 0 Å². The van der Waals surface area contributed by atoms with Crippen LogP contribution in [0.3, 0.4) is 0 Å². The summed E-state index contributed by atoms with van der Waals surface area (Å²) in [6, 6.07) is 6.21. The number of aryl methyl sites for hydroxylation is 1. The average Bonchev–Trinajstić information content (AvgIpc) is 2.02. The number of aliphatic hydroxyl groups excluding tert-OH is 1. The zero-order valence-corrected chi connectivity index (χ0v) is 8.78. The molecule has 1 aromatic carbocycles. The Morgan fingerprint density at radius 1 is 1.29 bits per heavy atom. The van der Waals surface area contributed by atoms with Crippen molar-refractivity contribution in [3.63, 3.8) is 0 Å². The van der Waals surface area contributed by atoms with Crippen molar-refractivity contribution in [1.82, 2.24) is 0 Å². The average molecular weight is 216 g/mol. The first-order valence-corrected chi connectivity index (χ1v) is 5.50. The van der Waals surface area contributed by atoms with E-state index in [-0.39, 0.29) is 4.90 Å². The van der Waals surface area contributed by atoms with E-state index in [4.69, 9.17) is 5.11 Å². The van der Waals surface area contributed by atoms with Gasteiger partial charge in [-0.2, -0.15) is 8.42 Å². The molecule has 0 saturated carbocycles. The molecule has 0 aromatic heterocycles. The van der Waals surface area contributed by atoms with Crippen molar-refractivity contribution in [2.45, 2.75) is 25.0 Å². The summed E-state index contributed by atoms with van der Waals surface area (Å²) in [5.74, 6) is 0. The van der Waals surface area contributed by atoms with Gasteiger partial charge in [0.05, 0.1) is 4.90 Å². The summed E-state index contributed by atoms with van der Waals surface area (Å²) in [6.07, 6.45) is -1.33. The highest BCUT2D eigenvalue weighted by atomic mass is 32.2. The summed E-state index contributed by atoms with van der Waals surface area (Å²) in [4.78, 5) is 0.0454. The largest absolute Gasteiger partial charge is 0.367 e. The molecule has 0 bridgehead atoms. The lowest BCUT2D eigenvalue weighted by molar-refractivity contribution is 0.00541. The highest BCUT2D eigenvalue weighted by molar-refractivity contribution is 7.86. The van der Waals surface area contributed by atoms with Crippen LogP contribution in [0, 0.1) is 6.92 Å². The summed E-state index contributed by atoms with van der Waals surface area (Å²) in [6.45, 7) is 3.09. The monoisotopic (exact) mass is 216 g/mol. The molecule has 0 spiro atoms. The Morgan fingerprint density at radius 2 is 1.79 bits per heavy atom. The van der Waals surface area contributed by atoms with Crippen LogP contribution in [0.2, 0.25) is 0 Å². The zero-order valence-electron chi connectivity index (χ0n) is 7.97. The molecule has 14 heavy (non-hydrogen) atoms. The molecule has 0 radical (unpaired) electrons. The predicted molar refractivity (Wildman–Crippen MR) is 51.1 cm³/mol. The maximum atomic E-state index is 11.4. The first-order valence-electron chi connectivity index (χ1n) is 4.10. The van der Waals surface area contributed by atoms with E-state index in [9.17, 15) is 8.42 Å². The number of aliphatic hydroxyl groups is 1. The van der Waals surface area contributed by atoms with Gasteiger partial charge in [-0.1, -0.05) is 17.7 Å². The molecule has 1 unspecified atom stereocenters. The molecule has 0 amide bonds. The van der Waals surface area contributed by atoms with Gasteiger partial charge in [-0.05, 0) is 26.0 Å². The van der Waals surface area contributed by atoms with E-state index in [0.29, 0.717) is 0 Å². The Hall–Kier alpha value is -0.910. The number of benzene rings is 1. The quantitative estimate of drug-likeness (QED) is 0.605. The first-order chi connectivity index (χ1) is 6.42. The van der Waals surface area contributed by atoms with Crippen LogP contribution >= 0.6 is 0 Å². The van der Waals surface area contributed by atoms with Gasteiger partial charge in [0, 0.05) is 0 Å². The minimum atomic E-state index is -3.83. The topological polar surface area (TPSA) is 63.6 Å². The fourth-order valence-electron chi connectivity index (χ4n) is 0.944. The van der Waals surface area contributed by atoms with Crippen molar-refractivity contribution in [1.29, 1.82) is 0 Å². The van der Waals surface area contributed by atoms with Crippen molar-refractivity contribution in [2.75, 3.05) is 0 Å². The lowest BCUT2D eigenvalue weighted by Gasteiger charge is -2.07. The third-order valence-corrected chi connectivity index (χ3v) is 2.96. The molecule has 0 fully saturated rings. The van der Waals surface area contributed by atoms with Crippen LogP contribution in [-0.4, -0.2) is 19.8 Å². The number of hydrogen-bond acceptors (Lipinski definition) is 4. The summed E-state index contributed by atoms with van der Waals surface area (Å²) in [7, 11) is -3.83. The highest BCUT2D eigenvalue weighted by Gasteiger charge is 2.16. The second kappa shape index (κ2) is 4.08. The van der Waals surface area contributed by atoms with Crippen molar-refractivity contribution < 1.29 is 17.7 Å². The SMILES string of the molecule is Cc1ccc(S(=O)(=O)OC(C)O)cc1. The van der Waals surface area contributed by atoms with E-state index >= 15 is 0 Å². The minimum absolute atomic E-state index is 0.0454.